The molecule has 0 radical (unpaired) electrons. The number of ether oxygens (including phenoxy) is 4. The molecule has 306 valence electrons. The van der Waals surface area contributed by atoms with Crippen LogP contribution in [0.2, 0.25) is 0 Å². The molecule has 6 rings (SSSR count). The van der Waals surface area contributed by atoms with E-state index in [1.54, 1.807) is 115 Å². The van der Waals surface area contributed by atoms with Gasteiger partial charge in [-0.2, -0.15) is 0 Å². The maximum Gasteiger partial charge on any atom is 0.343 e. The fourth-order valence-corrected chi connectivity index (χ4v) is 6.56. The third-order valence-electron chi connectivity index (χ3n) is 10.1. The Bertz CT molecular complexity index is 2330. The van der Waals surface area contributed by atoms with Crippen LogP contribution < -0.4 is 18.9 Å². The van der Waals surface area contributed by atoms with Crippen molar-refractivity contribution in [2.45, 2.75) is 78.1 Å². The van der Waals surface area contributed by atoms with Gasteiger partial charge in [0, 0.05) is 0 Å². The van der Waals surface area contributed by atoms with Crippen molar-refractivity contribution in [3.8, 4) is 34.1 Å². The van der Waals surface area contributed by atoms with Gasteiger partial charge in [-0.3, -0.25) is 0 Å². The van der Waals surface area contributed by atoms with Crippen molar-refractivity contribution in [2.24, 2.45) is 0 Å². The maximum atomic E-state index is 13.0. The number of carbonyl (C=O) groups is 4. The lowest BCUT2D eigenvalue weighted by Crippen LogP contribution is -2.10. The number of hydrogen-bond acceptors (Lipinski definition) is 8. The molecule has 0 atom stereocenters. The molecule has 60 heavy (non-hydrogen) atoms. The van der Waals surface area contributed by atoms with Crippen molar-refractivity contribution < 1.29 is 38.1 Å². The molecule has 0 aliphatic rings. The molecule has 0 heterocycles. The molecule has 6 aromatic rings. The predicted molar refractivity (Wildman–Crippen MR) is 233 cm³/mol. The van der Waals surface area contributed by atoms with Gasteiger partial charge in [-0.1, -0.05) is 101 Å². The quantitative estimate of drug-likeness (QED) is 0.0453. The monoisotopic (exact) mass is 802 g/mol. The summed E-state index contributed by atoms with van der Waals surface area (Å²) in [6.07, 6.45) is 11.5. The molecule has 0 aliphatic heterocycles. The number of benzene rings is 6. The van der Waals surface area contributed by atoms with E-state index < -0.39 is 23.9 Å². The summed E-state index contributed by atoms with van der Waals surface area (Å²) in [5, 5.41) is 0. The first-order chi connectivity index (χ1) is 29.3. The van der Waals surface area contributed by atoms with Crippen LogP contribution in [0.1, 0.15) is 118 Å². The Balaban J connectivity index is 0.964. The van der Waals surface area contributed by atoms with Gasteiger partial charge in [0.2, 0.25) is 0 Å². The normalized spacial score (nSPS) is 10.8. The van der Waals surface area contributed by atoms with E-state index in [9.17, 15) is 19.2 Å². The van der Waals surface area contributed by atoms with Gasteiger partial charge in [0.05, 0.1) is 22.3 Å². The van der Waals surface area contributed by atoms with E-state index in [0.29, 0.717) is 45.3 Å². The van der Waals surface area contributed by atoms with Gasteiger partial charge in [0.15, 0.2) is 0 Å². The highest BCUT2D eigenvalue weighted by atomic mass is 16.5. The summed E-state index contributed by atoms with van der Waals surface area (Å²) in [6.45, 7) is 4.38. The first-order valence-corrected chi connectivity index (χ1v) is 20.7. The van der Waals surface area contributed by atoms with Crippen molar-refractivity contribution in [3.63, 3.8) is 0 Å². The highest BCUT2D eigenvalue weighted by Crippen LogP contribution is 2.27. The number of aryl methyl sites for hydroxylation is 2. The Morgan fingerprint density at radius 2 is 0.700 bits per heavy atom. The molecule has 0 unspecified atom stereocenters. The van der Waals surface area contributed by atoms with Crippen LogP contribution >= 0.6 is 0 Å². The standard InChI is InChI=1S/C52H50O8/c1-3-5-7-9-12-37-16-20-40(21-17-37)49(53)58-46-32-26-42(27-33-46)51(55)57-45-30-24-39(25-31-45)44-14-11-15-48(36-44)60-52(56)43-28-34-47(35-29-43)59-50(54)41-22-18-38(19-23-41)13-10-8-6-4-2/h11,14-36H,3-10,12-13H2,1-2H3. The van der Waals surface area contributed by atoms with Crippen molar-refractivity contribution in [1.82, 2.24) is 0 Å². The number of esters is 4. The van der Waals surface area contributed by atoms with Crippen molar-refractivity contribution >= 4 is 23.9 Å². The fourth-order valence-electron chi connectivity index (χ4n) is 6.56. The molecule has 0 fully saturated rings. The van der Waals surface area contributed by atoms with Gasteiger partial charge in [-0.15, -0.1) is 0 Å². The highest BCUT2D eigenvalue weighted by molar-refractivity contribution is 5.94. The van der Waals surface area contributed by atoms with Crippen LogP contribution in [0.4, 0.5) is 0 Å². The Kier molecular flexibility index (Phi) is 15.6. The van der Waals surface area contributed by atoms with Gasteiger partial charge < -0.3 is 18.9 Å². The van der Waals surface area contributed by atoms with Gasteiger partial charge in [-0.25, -0.2) is 19.2 Å². The summed E-state index contributed by atoms with van der Waals surface area (Å²) in [7, 11) is 0. The summed E-state index contributed by atoms with van der Waals surface area (Å²) >= 11 is 0. The van der Waals surface area contributed by atoms with Crippen LogP contribution in [0.15, 0.2) is 146 Å². The molecular weight excluding hydrogens is 753 g/mol. The minimum atomic E-state index is -0.564. The number of rotatable bonds is 19. The highest BCUT2D eigenvalue weighted by Gasteiger charge is 2.15. The molecule has 0 bridgehead atoms. The number of hydrogen-bond donors (Lipinski definition) is 0. The molecule has 0 N–H and O–H groups in total. The third kappa shape index (κ3) is 12.6. The minimum Gasteiger partial charge on any atom is -0.423 e. The topological polar surface area (TPSA) is 105 Å². The molecule has 0 aliphatic carbocycles. The maximum absolute atomic E-state index is 13.0. The van der Waals surface area contributed by atoms with E-state index in [1.807, 2.05) is 30.3 Å². The summed E-state index contributed by atoms with van der Waals surface area (Å²) in [4.78, 5) is 51.3. The van der Waals surface area contributed by atoms with E-state index in [1.165, 1.54) is 49.7 Å². The molecule has 8 nitrogen and oxygen atoms in total. The van der Waals surface area contributed by atoms with Crippen molar-refractivity contribution in [3.05, 3.63) is 179 Å². The molecule has 0 spiro atoms. The second-order valence-corrected chi connectivity index (χ2v) is 14.7. The third-order valence-corrected chi connectivity index (χ3v) is 10.1. The SMILES string of the molecule is CCCCCCc1ccc(C(=O)Oc2ccc(C(=O)Oc3ccc(-c4cccc(OC(=O)c5ccc(OC(=O)c6ccc(CCCCCC)cc6)cc5)c4)cc3)cc2)cc1. The Hall–Kier alpha value is -6.80. The molecule has 0 amide bonds. The van der Waals surface area contributed by atoms with Gasteiger partial charge in [-0.05, 0) is 145 Å². The molecule has 0 saturated heterocycles. The number of unbranched alkanes of at least 4 members (excludes halogenated alkanes) is 6. The molecular formula is C52H50O8. The van der Waals surface area contributed by atoms with Crippen LogP contribution in [-0.4, -0.2) is 23.9 Å². The van der Waals surface area contributed by atoms with Gasteiger partial charge in [0.1, 0.15) is 23.0 Å². The van der Waals surface area contributed by atoms with E-state index in [4.69, 9.17) is 18.9 Å². The Morgan fingerprint density at radius 3 is 1.08 bits per heavy atom. The molecule has 8 heteroatoms. The second-order valence-electron chi connectivity index (χ2n) is 14.7. The minimum absolute atomic E-state index is 0.295. The lowest BCUT2D eigenvalue weighted by Gasteiger charge is -2.09. The number of carbonyl (C=O) groups excluding carboxylic acids is 4. The van der Waals surface area contributed by atoms with E-state index >= 15 is 0 Å². The van der Waals surface area contributed by atoms with E-state index in [-0.39, 0.29) is 0 Å². The lowest BCUT2D eigenvalue weighted by molar-refractivity contribution is 0.0720. The van der Waals surface area contributed by atoms with Crippen LogP contribution in [0, 0.1) is 0 Å². The van der Waals surface area contributed by atoms with E-state index in [2.05, 4.69) is 13.8 Å². The van der Waals surface area contributed by atoms with Gasteiger partial charge >= 0.3 is 23.9 Å². The Morgan fingerprint density at radius 1 is 0.350 bits per heavy atom. The predicted octanol–water partition coefficient (Wildman–Crippen LogP) is 12.5. The average molecular weight is 803 g/mol. The van der Waals surface area contributed by atoms with E-state index in [0.717, 1.165) is 36.8 Å². The first-order valence-electron chi connectivity index (χ1n) is 20.7. The Labute approximate surface area is 352 Å². The summed E-state index contributed by atoms with van der Waals surface area (Å²) < 4.78 is 22.3. The summed E-state index contributed by atoms with van der Waals surface area (Å²) in [5.41, 5.74) is 5.50. The van der Waals surface area contributed by atoms with Gasteiger partial charge in [0.25, 0.3) is 0 Å². The van der Waals surface area contributed by atoms with Crippen LogP contribution in [-0.2, 0) is 12.8 Å². The summed E-state index contributed by atoms with van der Waals surface area (Å²) in [6, 6.07) is 41.4. The summed E-state index contributed by atoms with van der Waals surface area (Å²) in [5.74, 6) is -0.742. The molecule has 0 aromatic heterocycles. The smallest absolute Gasteiger partial charge is 0.343 e. The van der Waals surface area contributed by atoms with Crippen molar-refractivity contribution in [1.29, 1.82) is 0 Å². The zero-order chi connectivity index (χ0) is 42.1. The van der Waals surface area contributed by atoms with Crippen LogP contribution in [0.25, 0.3) is 11.1 Å². The van der Waals surface area contributed by atoms with Crippen LogP contribution in [0.5, 0.6) is 23.0 Å². The zero-order valence-corrected chi connectivity index (χ0v) is 34.2. The average Bonchev–Trinajstić information content (AvgIpc) is 3.28. The second kappa shape index (κ2) is 21.8. The fraction of sp³-hybridized carbons (Fsp3) is 0.231. The molecule has 6 aromatic carbocycles. The zero-order valence-electron chi connectivity index (χ0n) is 34.2. The largest absolute Gasteiger partial charge is 0.423 e. The van der Waals surface area contributed by atoms with Crippen LogP contribution in [0.3, 0.4) is 0 Å². The first kappa shape index (κ1) is 42.8. The van der Waals surface area contributed by atoms with Crippen molar-refractivity contribution in [2.75, 3.05) is 0 Å². The molecule has 0 saturated carbocycles. The lowest BCUT2D eigenvalue weighted by atomic mass is 10.0.